The molecule has 1 N–H and O–H groups in total. The maximum absolute atomic E-state index is 13.9. The summed E-state index contributed by atoms with van der Waals surface area (Å²) in [7, 11) is 1.91. The molecule has 1 aromatic heterocycles. The van der Waals surface area contributed by atoms with Crippen molar-refractivity contribution in [3.8, 4) is 10.6 Å². The summed E-state index contributed by atoms with van der Waals surface area (Å²) < 4.78 is 14.8. The Hall–Kier alpha value is -0.780. The van der Waals surface area contributed by atoms with Gasteiger partial charge in [0.05, 0.1) is 5.69 Å². The molecule has 0 spiro atoms. The Balaban J connectivity index is 2.44. The normalized spacial score (nSPS) is 10.9. The Morgan fingerprint density at radius 3 is 2.89 bits per heavy atom. The van der Waals surface area contributed by atoms with Gasteiger partial charge in [0.25, 0.3) is 0 Å². The molecule has 2 rings (SSSR count). The first-order valence-corrected chi connectivity index (χ1v) is 7.85. The second-order valence-electron chi connectivity index (χ2n) is 4.29. The van der Waals surface area contributed by atoms with E-state index in [1.54, 1.807) is 23.5 Å². The second-order valence-corrected chi connectivity index (χ2v) is 6.29. The largest absolute Gasteiger partial charge is 0.315 e. The van der Waals surface area contributed by atoms with Gasteiger partial charge in [-0.2, -0.15) is 0 Å². The van der Waals surface area contributed by atoms with Gasteiger partial charge in [-0.25, -0.2) is 9.37 Å². The molecule has 102 valence electrons. The van der Waals surface area contributed by atoms with Crippen LogP contribution in [0.5, 0.6) is 0 Å². The number of hydrogen-bond acceptors (Lipinski definition) is 3. The van der Waals surface area contributed by atoms with Gasteiger partial charge >= 0.3 is 0 Å². The third kappa shape index (κ3) is 3.41. The molecule has 1 heterocycles. The number of nitrogens with one attached hydrogen (secondary N) is 1. The number of thiazole rings is 1. The lowest BCUT2D eigenvalue weighted by Gasteiger charge is -1.99. The smallest absolute Gasteiger partial charge is 0.133 e. The van der Waals surface area contributed by atoms with Crippen molar-refractivity contribution in [1.82, 2.24) is 10.3 Å². The minimum absolute atomic E-state index is 0.226. The minimum Gasteiger partial charge on any atom is -0.315 e. The number of benzene rings is 1. The molecule has 0 aliphatic carbocycles. The molecule has 5 heteroatoms. The van der Waals surface area contributed by atoms with Crippen LogP contribution in [0.15, 0.2) is 22.7 Å². The summed E-state index contributed by atoms with van der Waals surface area (Å²) in [6.07, 6.45) is 1.98. The number of aryl methyl sites for hydroxylation is 1. The molecule has 19 heavy (non-hydrogen) atoms. The van der Waals surface area contributed by atoms with Crippen LogP contribution in [-0.2, 0) is 13.0 Å². The van der Waals surface area contributed by atoms with Crippen LogP contribution in [0.1, 0.15) is 23.9 Å². The lowest BCUT2D eigenvalue weighted by atomic mass is 10.2. The van der Waals surface area contributed by atoms with Crippen LogP contribution in [0.2, 0.25) is 0 Å². The number of aromatic nitrogens is 1. The lowest BCUT2D eigenvalue weighted by Crippen LogP contribution is -2.05. The highest BCUT2D eigenvalue weighted by molar-refractivity contribution is 9.10. The zero-order valence-electron chi connectivity index (χ0n) is 11.0. The molecule has 2 aromatic rings. The molecule has 0 unspecified atom stereocenters. The number of hydrogen-bond donors (Lipinski definition) is 1. The maximum atomic E-state index is 13.9. The summed E-state index contributed by atoms with van der Waals surface area (Å²) in [4.78, 5) is 5.80. The van der Waals surface area contributed by atoms with Crippen molar-refractivity contribution < 1.29 is 4.39 Å². The molecule has 0 bridgehead atoms. The molecule has 1 aromatic carbocycles. The van der Waals surface area contributed by atoms with Crippen LogP contribution in [-0.4, -0.2) is 12.0 Å². The van der Waals surface area contributed by atoms with Crippen LogP contribution in [0.25, 0.3) is 10.6 Å². The summed E-state index contributed by atoms with van der Waals surface area (Å²) in [6, 6.07) is 4.96. The average Bonchev–Trinajstić information content (AvgIpc) is 2.77. The van der Waals surface area contributed by atoms with E-state index in [0.29, 0.717) is 5.56 Å². The quantitative estimate of drug-likeness (QED) is 0.871. The van der Waals surface area contributed by atoms with Crippen molar-refractivity contribution in [3.05, 3.63) is 39.1 Å². The van der Waals surface area contributed by atoms with Crippen molar-refractivity contribution in [2.24, 2.45) is 0 Å². The van der Waals surface area contributed by atoms with Crippen LogP contribution in [0.4, 0.5) is 4.39 Å². The zero-order valence-corrected chi connectivity index (χ0v) is 13.4. The molecule has 0 radical (unpaired) electrons. The Morgan fingerprint density at radius 1 is 1.42 bits per heavy atom. The molecule has 0 saturated carbocycles. The van der Waals surface area contributed by atoms with E-state index in [2.05, 4.69) is 33.2 Å². The highest BCUT2D eigenvalue weighted by atomic mass is 79.9. The highest BCUT2D eigenvalue weighted by Crippen LogP contribution is 2.32. The summed E-state index contributed by atoms with van der Waals surface area (Å²) in [6.45, 7) is 2.91. The van der Waals surface area contributed by atoms with Gasteiger partial charge in [0.2, 0.25) is 0 Å². The van der Waals surface area contributed by atoms with E-state index in [0.717, 1.165) is 34.6 Å². The Bertz CT molecular complexity index is 545. The standard InChI is InChI=1S/C14H16BrFN2S/c1-3-4-12-13(8-17-2)19-14(18-12)10-7-9(15)5-6-11(10)16/h5-7,17H,3-4,8H2,1-2H3. The molecule has 0 aliphatic rings. The summed E-state index contributed by atoms with van der Waals surface area (Å²) >= 11 is 4.94. The fourth-order valence-corrected chi connectivity index (χ4v) is 3.39. The van der Waals surface area contributed by atoms with Crippen LogP contribution in [0.3, 0.4) is 0 Å². The van der Waals surface area contributed by atoms with Gasteiger partial charge in [-0.15, -0.1) is 11.3 Å². The Kier molecular flexibility index (Phi) is 5.07. The van der Waals surface area contributed by atoms with E-state index >= 15 is 0 Å². The molecule has 0 saturated heterocycles. The number of halogens is 2. The van der Waals surface area contributed by atoms with Gasteiger partial charge in [-0.05, 0) is 31.7 Å². The van der Waals surface area contributed by atoms with Gasteiger partial charge in [0, 0.05) is 21.5 Å². The zero-order chi connectivity index (χ0) is 13.8. The van der Waals surface area contributed by atoms with Crippen molar-refractivity contribution in [3.63, 3.8) is 0 Å². The summed E-state index contributed by atoms with van der Waals surface area (Å²) in [5.74, 6) is -0.226. The summed E-state index contributed by atoms with van der Waals surface area (Å²) in [5.41, 5.74) is 1.65. The minimum atomic E-state index is -0.226. The van der Waals surface area contributed by atoms with E-state index in [1.165, 1.54) is 10.9 Å². The number of nitrogens with zero attached hydrogens (tertiary/aromatic N) is 1. The number of rotatable bonds is 5. The van der Waals surface area contributed by atoms with Crippen molar-refractivity contribution in [2.45, 2.75) is 26.3 Å². The fourth-order valence-electron chi connectivity index (χ4n) is 1.89. The highest BCUT2D eigenvalue weighted by Gasteiger charge is 2.14. The maximum Gasteiger partial charge on any atom is 0.133 e. The van der Waals surface area contributed by atoms with Gasteiger partial charge in [0.15, 0.2) is 0 Å². The molecule has 0 aliphatic heterocycles. The Labute approximate surface area is 125 Å². The third-order valence-corrected chi connectivity index (χ3v) is 4.39. The topological polar surface area (TPSA) is 24.9 Å². The molecule has 0 amide bonds. The molecule has 0 atom stereocenters. The van der Waals surface area contributed by atoms with Gasteiger partial charge < -0.3 is 5.32 Å². The van der Waals surface area contributed by atoms with Gasteiger partial charge in [0.1, 0.15) is 10.8 Å². The van der Waals surface area contributed by atoms with E-state index in [4.69, 9.17) is 0 Å². The molecule has 0 fully saturated rings. The van der Waals surface area contributed by atoms with Crippen LogP contribution in [0, 0.1) is 5.82 Å². The predicted octanol–water partition coefficient (Wildman–Crippen LogP) is 4.38. The van der Waals surface area contributed by atoms with Crippen molar-refractivity contribution >= 4 is 27.3 Å². The second kappa shape index (κ2) is 6.59. The first-order chi connectivity index (χ1) is 9.15. The van der Waals surface area contributed by atoms with E-state index in [9.17, 15) is 4.39 Å². The predicted molar refractivity (Wildman–Crippen MR) is 82.0 cm³/mol. The van der Waals surface area contributed by atoms with Crippen molar-refractivity contribution in [1.29, 1.82) is 0 Å². The van der Waals surface area contributed by atoms with Crippen LogP contribution >= 0.6 is 27.3 Å². The van der Waals surface area contributed by atoms with E-state index in [-0.39, 0.29) is 5.82 Å². The SMILES string of the molecule is CCCc1nc(-c2cc(Br)ccc2F)sc1CNC. The van der Waals surface area contributed by atoms with E-state index in [1.807, 2.05) is 7.05 Å². The first-order valence-electron chi connectivity index (χ1n) is 6.24. The lowest BCUT2D eigenvalue weighted by molar-refractivity contribution is 0.631. The monoisotopic (exact) mass is 342 g/mol. The third-order valence-electron chi connectivity index (χ3n) is 2.76. The summed E-state index contributed by atoms with van der Waals surface area (Å²) in [5, 5.41) is 3.90. The molecular formula is C14H16BrFN2S. The molecular weight excluding hydrogens is 327 g/mol. The fraction of sp³-hybridized carbons (Fsp3) is 0.357. The van der Waals surface area contributed by atoms with Crippen molar-refractivity contribution in [2.75, 3.05) is 7.05 Å². The van der Waals surface area contributed by atoms with Crippen LogP contribution < -0.4 is 5.32 Å². The van der Waals surface area contributed by atoms with E-state index < -0.39 is 0 Å². The van der Waals surface area contributed by atoms with Gasteiger partial charge in [-0.1, -0.05) is 29.3 Å². The first kappa shape index (κ1) is 14.6. The Morgan fingerprint density at radius 2 is 2.21 bits per heavy atom. The molecule has 2 nitrogen and oxygen atoms in total. The van der Waals surface area contributed by atoms with Gasteiger partial charge in [-0.3, -0.25) is 0 Å². The average molecular weight is 343 g/mol.